The summed E-state index contributed by atoms with van der Waals surface area (Å²) in [4.78, 5) is 2.60. The smallest absolute Gasteiger partial charge is 0.0707 e. The second kappa shape index (κ2) is 7.61. The van der Waals surface area contributed by atoms with Gasteiger partial charge in [-0.1, -0.05) is 58.4 Å². The Hall–Kier alpha value is -1.16. The van der Waals surface area contributed by atoms with Gasteiger partial charge >= 0.3 is 0 Å². The lowest BCUT2D eigenvalue weighted by molar-refractivity contribution is 0.0564. The van der Waals surface area contributed by atoms with Gasteiger partial charge in [-0.25, -0.2) is 0 Å². The van der Waals surface area contributed by atoms with Crippen LogP contribution in [0.4, 0.5) is 0 Å². The van der Waals surface area contributed by atoms with Crippen molar-refractivity contribution in [2.75, 3.05) is 6.54 Å². The Labute approximate surface area is 159 Å². The molecular weight excluding hydrogens is 374 g/mol. The number of hydrogen-bond donors (Lipinski definition) is 1. The maximum absolute atomic E-state index is 10.6. The van der Waals surface area contributed by atoms with Crippen LogP contribution in [0.15, 0.2) is 59.1 Å². The summed E-state index contributed by atoms with van der Waals surface area (Å²) in [7, 11) is 0. The van der Waals surface area contributed by atoms with Crippen molar-refractivity contribution in [3.05, 3.63) is 70.2 Å². The predicted molar refractivity (Wildman–Crippen MR) is 106 cm³/mol. The van der Waals surface area contributed by atoms with E-state index >= 15 is 0 Å². The van der Waals surface area contributed by atoms with Gasteiger partial charge in [-0.15, -0.1) is 0 Å². The molecule has 0 spiro atoms. The van der Waals surface area contributed by atoms with Crippen LogP contribution in [0.3, 0.4) is 0 Å². The van der Waals surface area contributed by atoms with Crippen LogP contribution in [-0.4, -0.2) is 34.7 Å². The number of benzene rings is 2. The molecule has 2 bridgehead atoms. The first-order valence-corrected chi connectivity index (χ1v) is 10.2. The molecule has 132 valence electrons. The van der Waals surface area contributed by atoms with Gasteiger partial charge in [0, 0.05) is 23.1 Å². The fourth-order valence-electron chi connectivity index (χ4n) is 4.77. The van der Waals surface area contributed by atoms with E-state index in [0.29, 0.717) is 18.0 Å². The number of halogens is 1. The SMILES string of the molecule is O[C@H](Cc1ccc(Br)cc1)CN1C2CCC1CC(c1ccccc1)C2. The Kier molecular flexibility index (Phi) is 5.25. The maximum atomic E-state index is 10.6. The van der Waals surface area contributed by atoms with Gasteiger partial charge in [0.2, 0.25) is 0 Å². The third-order valence-electron chi connectivity index (χ3n) is 5.96. The monoisotopic (exact) mass is 399 g/mol. The minimum atomic E-state index is -0.280. The highest BCUT2D eigenvalue weighted by Gasteiger charge is 2.41. The van der Waals surface area contributed by atoms with Crippen molar-refractivity contribution in [3.8, 4) is 0 Å². The van der Waals surface area contributed by atoms with E-state index < -0.39 is 0 Å². The predicted octanol–water partition coefficient (Wildman–Crippen LogP) is 4.76. The normalized spacial score (nSPS) is 27.4. The fourth-order valence-corrected chi connectivity index (χ4v) is 5.03. The molecule has 2 aromatic rings. The lowest BCUT2D eigenvalue weighted by atomic mass is 9.85. The standard InChI is InChI=1S/C22H26BrNO/c23-19-8-6-16(7-9-19)12-22(25)15-24-20-10-11-21(24)14-18(13-20)17-4-2-1-3-5-17/h1-9,18,20-22,25H,10-15H2/t18?,20?,21?,22-/m1/s1. The number of aliphatic hydroxyl groups excluding tert-OH is 1. The molecule has 2 heterocycles. The van der Waals surface area contributed by atoms with Crippen LogP contribution in [0.1, 0.15) is 42.7 Å². The van der Waals surface area contributed by atoms with E-state index in [1.807, 2.05) is 0 Å². The van der Waals surface area contributed by atoms with Gasteiger partial charge < -0.3 is 5.11 Å². The molecule has 0 saturated carbocycles. The second-order valence-electron chi connectivity index (χ2n) is 7.65. The highest BCUT2D eigenvalue weighted by atomic mass is 79.9. The van der Waals surface area contributed by atoms with Crippen molar-refractivity contribution in [2.45, 2.75) is 56.2 Å². The largest absolute Gasteiger partial charge is 0.391 e. The first-order chi connectivity index (χ1) is 12.2. The van der Waals surface area contributed by atoms with Crippen molar-refractivity contribution in [1.82, 2.24) is 4.90 Å². The minimum absolute atomic E-state index is 0.280. The van der Waals surface area contributed by atoms with Gasteiger partial charge in [0.15, 0.2) is 0 Å². The van der Waals surface area contributed by atoms with Crippen molar-refractivity contribution in [2.24, 2.45) is 0 Å². The summed E-state index contributed by atoms with van der Waals surface area (Å²) in [6.07, 6.45) is 5.53. The number of piperidine rings is 1. The summed E-state index contributed by atoms with van der Waals surface area (Å²) in [5, 5.41) is 10.6. The molecule has 2 aromatic carbocycles. The lowest BCUT2D eigenvalue weighted by Crippen LogP contribution is -2.46. The Morgan fingerprint density at radius 2 is 1.60 bits per heavy atom. The molecule has 3 atom stereocenters. The van der Waals surface area contributed by atoms with E-state index in [2.05, 4.69) is 75.4 Å². The molecule has 0 amide bonds. The van der Waals surface area contributed by atoms with E-state index in [4.69, 9.17) is 0 Å². The minimum Gasteiger partial charge on any atom is -0.391 e. The summed E-state index contributed by atoms with van der Waals surface area (Å²) >= 11 is 3.47. The van der Waals surface area contributed by atoms with Crippen molar-refractivity contribution in [1.29, 1.82) is 0 Å². The first kappa shape index (κ1) is 17.3. The van der Waals surface area contributed by atoms with Crippen LogP contribution < -0.4 is 0 Å². The Morgan fingerprint density at radius 1 is 0.960 bits per heavy atom. The van der Waals surface area contributed by atoms with Crippen LogP contribution in [0.5, 0.6) is 0 Å². The quantitative estimate of drug-likeness (QED) is 0.782. The Morgan fingerprint density at radius 3 is 2.24 bits per heavy atom. The summed E-state index contributed by atoms with van der Waals surface area (Å²) in [6, 6.07) is 20.6. The maximum Gasteiger partial charge on any atom is 0.0707 e. The Balaban J connectivity index is 1.37. The summed E-state index contributed by atoms with van der Waals surface area (Å²) < 4.78 is 1.09. The summed E-state index contributed by atoms with van der Waals surface area (Å²) in [5.41, 5.74) is 2.71. The van der Waals surface area contributed by atoms with Crippen LogP contribution in [-0.2, 0) is 6.42 Å². The van der Waals surface area contributed by atoms with Gasteiger partial charge in [0.25, 0.3) is 0 Å². The van der Waals surface area contributed by atoms with Gasteiger partial charge in [-0.05, 0) is 61.3 Å². The molecule has 2 aliphatic rings. The van der Waals surface area contributed by atoms with Gasteiger partial charge in [0.05, 0.1) is 6.10 Å². The molecule has 2 saturated heterocycles. The second-order valence-corrected chi connectivity index (χ2v) is 8.56. The van der Waals surface area contributed by atoms with Crippen LogP contribution in [0.2, 0.25) is 0 Å². The van der Waals surface area contributed by atoms with Crippen LogP contribution in [0.25, 0.3) is 0 Å². The molecule has 0 aromatic heterocycles. The average Bonchev–Trinajstić information content (AvgIpc) is 2.86. The molecule has 25 heavy (non-hydrogen) atoms. The zero-order chi connectivity index (χ0) is 17.2. The molecular formula is C22H26BrNO. The van der Waals surface area contributed by atoms with E-state index in [1.165, 1.54) is 36.8 Å². The highest BCUT2D eigenvalue weighted by molar-refractivity contribution is 9.10. The van der Waals surface area contributed by atoms with E-state index in [1.54, 1.807) is 0 Å². The molecule has 1 N–H and O–H groups in total. The highest BCUT2D eigenvalue weighted by Crippen LogP contribution is 2.43. The van der Waals surface area contributed by atoms with Crippen LogP contribution in [0, 0.1) is 0 Å². The van der Waals surface area contributed by atoms with Gasteiger partial charge in [-0.2, -0.15) is 0 Å². The summed E-state index contributed by atoms with van der Waals surface area (Å²) in [6.45, 7) is 0.812. The zero-order valence-electron chi connectivity index (χ0n) is 14.5. The molecule has 2 nitrogen and oxygen atoms in total. The third kappa shape index (κ3) is 3.99. The number of hydrogen-bond acceptors (Lipinski definition) is 2. The molecule has 4 rings (SSSR count). The van der Waals surface area contributed by atoms with Gasteiger partial charge in [-0.3, -0.25) is 4.90 Å². The first-order valence-electron chi connectivity index (χ1n) is 9.42. The molecule has 2 fully saturated rings. The topological polar surface area (TPSA) is 23.5 Å². The van der Waals surface area contributed by atoms with E-state index in [0.717, 1.165) is 17.4 Å². The number of fused-ring (bicyclic) bond motifs is 2. The number of nitrogens with zero attached hydrogens (tertiary/aromatic N) is 1. The average molecular weight is 400 g/mol. The van der Waals surface area contributed by atoms with Crippen molar-refractivity contribution in [3.63, 3.8) is 0 Å². The number of rotatable bonds is 5. The fraction of sp³-hybridized carbons (Fsp3) is 0.455. The molecule has 3 heteroatoms. The third-order valence-corrected chi connectivity index (χ3v) is 6.49. The van der Waals surface area contributed by atoms with Crippen molar-refractivity contribution >= 4 is 15.9 Å². The molecule has 0 radical (unpaired) electrons. The molecule has 0 aliphatic carbocycles. The lowest BCUT2D eigenvalue weighted by Gasteiger charge is -2.40. The van der Waals surface area contributed by atoms with E-state index in [-0.39, 0.29) is 6.10 Å². The van der Waals surface area contributed by atoms with Crippen molar-refractivity contribution < 1.29 is 5.11 Å². The number of aliphatic hydroxyl groups is 1. The van der Waals surface area contributed by atoms with Crippen LogP contribution >= 0.6 is 15.9 Å². The molecule has 2 unspecified atom stereocenters. The molecule has 2 aliphatic heterocycles. The van der Waals surface area contributed by atoms with Gasteiger partial charge in [0.1, 0.15) is 0 Å². The summed E-state index contributed by atoms with van der Waals surface area (Å²) in [5.74, 6) is 0.693. The van der Waals surface area contributed by atoms with E-state index in [9.17, 15) is 5.11 Å². The Bertz CT molecular complexity index is 673. The zero-order valence-corrected chi connectivity index (χ0v) is 16.1.